The van der Waals surface area contributed by atoms with Crippen LogP contribution < -0.4 is 9.47 Å². The normalized spacial score (nSPS) is 21.2. The van der Waals surface area contributed by atoms with E-state index in [2.05, 4.69) is 0 Å². The first-order valence-electron chi connectivity index (χ1n) is 10.3. The van der Waals surface area contributed by atoms with E-state index in [1.807, 2.05) is 0 Å². The molecule has 4 rings (SSSR count). The van der Waals surface area contributed by atoms with E-state index < -0.39 is 16.1 Å². The summed E-state index contributed by atoms with van der Waals surface area (Å²) >= 11 is 0. The number of fused-ring (bicyclic) bond motifs is 1. The first-order chi connectivity index (χ1) is 14.8. The molecule has 2 fully saturated rings. The Kier molecular flexibility index (Phi) is 5.89. The molecule has 3 aliphatic heterocycles. The van der Waals surface area contributed by atoms with Crippen LogP contribution in [-0.2, 0) is 24.4 Å². The van der Waals surface area contributed by atoms with Crippen molar-refractivity contribution < 1.29 is 32.3 Å². The van der Waals surface area contributed by atoms with Crippen LogP contribution in [0.25, 0.3) is 0 Å². The molecule has 0 aromatic heterocycles. The molecule has 0 saturated carbocycles. The Bertz CT molecular complexity index is 986. The van der Waals surface area contributed by atoms with Crippen molar-refractivity contribution >= 4 is 27.7 Å². The molecule has 0 unspecified atom stereocenters. The average molecular weight is 452 g/mol. The minimum Gasteiger partial charge on any atom is -0.490 e. The highest BCUT2D eigenvalue weighted by Gasteiger charge is 2.39. The van der Waals surface area contributed by atoms with Gasteiger partial charge in [0.25, 0.3) is 0 Å². The summed E-state index contributed by atoms with van der Waals surface area (Å²) in [5.74, 6) is -0.118. The van der Waals surface area contributed by atoms with E-state index in [-0.39, 0.29) is 61.6 Å². The van der Waals surface area contributed by atoms with Gasteiger partial charge in [0.2, 0.25) is 27.7 Å². The number of piperazine rings is 1. The third-order valence-corrected chi connectivity index (χ3v) is 7.64. The molecule has 0 aliphatic carbocycles. The minimum absolute atomic E-state index is 0.109. The fourth-order valence-corrected chi connectivity index (χ4v) is 5.44. The van der Waals surface area contributed by atoms with Gasteiger partial charge < -0.3 is 14.4 Å². The van der Waals surface area contributed by atoms with Gasteiger partial charge in [0.1, 0.15) is 6.04 Å². The van der Waals surface area contributed by atoms with E-state index in [0.717, 1.165) is 11.3 Å². The van der Waals surface area contributed by atoms with Crippen LogP contribution in [0.5, 0.6) is 11.5 Å². The summed E-state index contributed by atoms with van der Waals surface area (Å²) in [5, 5.41) is 0. The highest BCUT2D eigenvalue weighted by Crippen LogP contribution is 2.33. The third kappa shape index (κ3) is 4.11. The maximum Gasteiger partial charge on any atom is 0.245 e. The molecular formula is C20H25N3O7S. The Morgan fingerprint density at radius 3 is 2.23 bits per heavy atom. The molecule has 1 aromatic carbocycles. The van der Waals surface area contributed by atoms with Crippen LogP contribution in [0.2, 0.25) is 0 Å². The smallest absolute Gasteiger partial charge is 0.245 e. The van der Waals surface area contributed by atoms with Crippen molar-refractivity contribution in [3.63, 3.8) is 0 Å². The fourth-order valence-electron chi connectivity index (χ4n) is 4.00. The Morgan fingerprint density at radius 1 is 0.968 bits per heavy atom. The number of ether oxygens (including phenoxy) is 2. The average Bonchev–Trinajstić information content (AvgIpc) is 2.96. The highest BCUT2D eigenvalue weighted by molar-refractivity contribution is 7.89. The van der Waals surface area contributed by atoms with Crippen molar-refractivity contribution in [2.45, 2.75) is 37.1 Å². The van der Waals surface area contributed by atoms with Gasteiger partial charge >= 0.3 is 0 Å². The number of hydrogen-bond donors (Lipinski definition) is 0. The van der Waals surface area contributed by atoms with Crippen molar-refractivity contribution in [1.29, 1.82) is 0 Å². The molecule has 1 atom stereocenters. The number of hydrogen-bond acceptors (Lipinski definition) is 7. The number of rotatable bonds is 4. The van der Waals surface area contributed by atoms with Gasteiger partial charge in [-0.15, -0.1) is 0 Å². The summed E-state index contributed by atoms with van der Waals surface area (Å²) in [6.07, 6.45) is 0.968. The zero-order valence-electron chi connectivity index (χ0n) is 17.3. The molecular weight excluding hydrogens is 426 g/mol. The minimum atomic E-state index is -3.77. The maximum atomic E-state index is 13.1. The van der Waals surface area contributed by atoms with Crippen LogP contribution >= 0.6 is 0 Å². The van der Waals surface area contributed by atoms with Crippen LogP contribution in [0.1, 0.15) is 26.2 Å². The van der Waals surface area contributed by atoms with Gasteiger partial charge in [-0.3, -0.25) is 19.3 Å². The van der Waals surface area contributed by atoms with E-state index in [9.17, 15) is 22.8 Å². The summed E-state index contributed by atoms with van der Waals surface area (Å²) in [4.78, 5) is 39.2. The number of amides is 3. The molecule has 0 bridgehead atoms. The molecule has 10 nitrogen and oxygen atoms in total. The summed E-state index contributed by atoms with van der Waals surface area (Å²) < 4.78 is 38.7. The first kappa shape index (κ1) is 21.6. The van der Waals surface area contributed by atoms with Crippen LogP contribution in [0.4, 0.5) is 0 Å². The summed E-state index contributed by atoms with van der Waals surface area (Å²) in [6.45, 7) is 3.12. The van der Waals surface area contributed by atoms with Crippen LogP contribution in [0, 0.1) is 0 Å². The highest BCUT2D eigenvalue weighted by atomic mass is 32.2. The Balaban J connectivity index is 1.42. The predicted octanol–water partition coefficient (Wildman–Crippen LogP) is 0.218. The number of sulfonamides is 1. The summed E-state index contributed by atoms with van der Waals surface area (Å²) in [6, 6.07) is 3.68. The van der Waals surface area contributed by atoms with Crippen LogP contribution in [-0.4, -0.2) is 85.7 Å². The van der Waals surface area contributed by atoms with E-state index in [1.54, 1.807) is 6.07 Å². The van der Waals surface area contributed by atoms with Gasteiger partial charge in [-0.1, -0.05) is 0 Å². The second-order valence-corrected chi connectivity index (χ2v) is 9.66. The molecule has 3 heterocycles. The van der Waals surface area contributed by atoms with Crippen molar-refractivity contribution in [1.82, 2.24) is 14.1 Å². The van der Waals surface area contributed by atoms with E-state index in [1.165, 1.54) is 28.3 Å². The molecule has 0 radical (unpaired) electrons. The standard InChI is InChI=1S/C20H25N3O7S/c1-14(23-18(24)5-6-19(23)25)20(26)21-7-9-22(10-8-21)31(27,28)15-3-4-16-17(13-15)30-12-2-11-29-16/h3-4,13-14H,2,5-12H2,1H3/t14-/m0/s1. The van der Waals surface area contributed by atoms with Crippen molar-refractivity contribution in [2.24, 2.45) is 0 Å². The van der Waals surface area contributed by atoms with Gasteiger partial charge in [-0.25, -0.2) is 8.42 Å². The molecule has 0 N–H and O–H groups in total. The van der Waals surface area contributed by atoms with E-state index in [4.69, 9.17) is 9.47 Å². The SMILES string of the molecule is C[C@@H](C(=O)N1CCN(S(=O)(=O)c2ccc3c(c2)OCCCO3)CC1)N1C(=O)CCC1=O. The molecule has 31 heavy (non-hydrogen) atoms. The Morgan fingerprint density at radius 2 is 1.58 bits per heavy atom. The van der Waals surface area contributed by atoms with Crippen LogP contribution in [0.15, 0.2) is 23.1 Å². The van der Waals surface area contributed by atoms with Crippen molar-refractivity contribution in [2.75, 3.05) is 39.4 Å². The number of carbonyl (C=O) groups is 3. The van der Waals surface area contributed by atoms with Crippen molar-refractivity contribution in [3.8, 4) is 11.5 Å². The molecule has 1 aromatic rings. The Labute approximate surface area is 180 Å². The van der Waals surface area contributed by atoms with Gasteiger partial charge in [0.05, 0.1) is 18.1 Å². The zero-order chi connectivity index (χ0) is 22.2. The topological polar surface area (TPSA) is 114 Å². The lowest BCUT2D eigenvalue weighted by molar-refractivity contribution is -0.150. The summed E-state index contributed by atoms with van der Waals surface area (Å²) in [5.41, 5.74) is 0. The lowest BCUT2D eigenvalue weighted by atomic mass is 10.2. The Hall–Kier alpha value is -2.66. The van der Waals surface area contributed by atoms with E-state index in [0.29, 0.717) is 24.7 Å². The first-order valence-corrected chi connectivity index (χ1v) is 11.8. The van der Waals surface area contributed by atoms with Gasteiger partial charge in [0, 0.05) is 51.5 Å². The lowest BCUT2D eigenvalue weighted by Gasteiger charge is -2.36. The molecule has 168 valence electrons. The molecule has 3 aliphatic rings. The molecule has 11 heteroatoms. The number of nitrogens with zero attached hydrogens (tertiary/aromatic N) is 3. The second kappa shape index (κ2) is 8.46. The number of benzene rings is 1. The fraction of sp³-hybridized carbons (Fsp3) is 0.550. The van der Waals surface area contributed by atoms with Crippen LogP contribution in [0.3, 0.4) is 0 Å². The number of likely N-dealkylation sites (tertiary alicyclic amines) is 1. The largest absolute Gasteiger partial charge is 0.490 e. The maximum absolute atomic E-state index is 13.1. The van der Waals surface area contributed by atoms with Gasteiger partial charge in [-0.05, 0) is 19.1 Å². The van der Waals surface area contributed by atoms with E-state index >= 15 is 0 Å². The zero-order valence-corrected chi connectivity index (χ0v) is 18.1. The van der Waals surface area contributed by atoms with Gasteiger partial charge in [0.15, 0.2) is 11.5 Å². The second-order valence-electron chi connectivity index (χ2n) is 7.72. The molecule has 0 spiro atoms. The number of carbonyl (C=O) groups excluding carboxylic acids is 3. The quantitative estimate of drug-likeness (QED) is 0.602. The lowest BCUT2D eigenvalue weighted by Crippen LogP contribution is -2.55. The predicted molar refractivity (Wildman–Crippen MR) is 108 cm³/mol. The monoisotopic (exact) mass is 451 g/mol. The van der Waals surface area contributed by atoms with Crippen molar-refractivity contribution in [3.05, 3.63) is 18.2 Å². The third-order valence-electron chi connectivity index (χ3n) is 5.74. The molecule has 2 saturated heterocycles. The van der Waals surface area contributed by atoms with Gasteiger partial charge in [-0.2, -0.15) is 4.31 Å². The number of imide groups is 1. The molecule has 3 amide bonds. The summed E-state index contributed by atoms with van der Waals surface area (Å²) in [7, 11) is -3.77.